The van der Waals surface area contributed by atoms with Crippen molar-refractivity contribution in [2.24, 2.45) is 0 Å². The summed E-state index contributed by atoms with van der Waals surface area (Å²) in [5.41, 5.74) is 1.37. The van der Waals surface area contributed by atoms with Gasteiger partial charge in [-0.05, 0) is 44.0 Å². The molecule has 0 fully saturated rings. The molecular formula is C20H25NO5S. The van der Waals surface area contributed by atoms with E-state index in [9.17, 15) is 13.2 Å². The second kappa shape index (κ2) is 8.65. The lowest BCUT2D eigenvalue weighted by Crippen LogP contribution is -2.46. The van der Waals surface area contributed by atoms with Crippen molar-refractivity contribution in [1.82, 2.24) is 4.72 Å². The molecule has 146 valence electrons. The molecule has 0 aromatic heterocycles. The van der Waals surface area contributed by atoms with E-state index >= 15 is 0 Å². The third kappa shape index (κ3) is 6.16. The molecule has 0 saturated carbocycles. The van der Waals surface area contributed by atoms with Crippen LogP contribution in [0.5, 0.6) is 0 Å². The van der Waals surface area contributed by atoms with Crippen LogP contribution in [-0.4, -0.2) is 39.7 Å². The minimum atomic E-state index is -3.91. The van der Waals surface area contributed by atoms with Crippen molar-refractivity contribution in [1.29, 1.82) is 0 Å². The van der Waals surface area contributed by atoms with Crippen molar-refractivity contribution in [3.05, 3.63) is 54.6 Å². The molecule has 0 aliphatic heterocycles. The third-order valence-electron chi connectivity index (χ3n) is 3.74. The van der Waals surface area contributed by atoms with Crippen LogP contribution < -0.4 is 4.72 Å². The number of rotatable bonds is 7. The molecule has 27 heavy (non-hydrogen) atoms. The van der Waals surface area contributed by atoms with Crippen molar-refractivity contribution in [3.8, 4) is 11.1 Å². The SMILES string of the molecule is COC(=O)C(COC(C)(C)C)NS(=O)(=O)c1ccc(-c2ccccc2)cc1. The van der Waals surface area contributed by atoms with Crippen LogP contribution in [0, 0.1) is 0 Å². The smallest absolute Gasteiger partial charge is 0.326 e. The maximum atomic E-state index is 12.7. The minimum Gasteiger partial charge on any atom is -0.468 e. The van der Waals surface area contributed by atoms with Gasteiger partial charge in [0.15, 0.2) is 0 Å². The van der Waals surface area contributed by atoms with Crippen molar-refractivity contribution in [3.63, 3.8) is 0 Å². The molecule has 2 rings (SSSR count). The molecule has 7 heteroatoms. The van der Waals surface area contributed by atoms with E-state index in [0.717, 1.165) is 11.1 Å². The van der Waals surface area contributed by atoms with Crippen LogP contribution in [0.1, 0.15) is 20.8 Å². The summed E-state index contributed by atoms with van der Waals surface area (Å²) in [4.78, 5) is 12.0. The zero-order valence-electron chi connectivity index (χ0n) is 15.9. The second-order valence-corrected chi connectivity index (χ2v) is 8.72. The molecule has 0 spiro atoms. The molecule has 0 saturated heterocycles. The first kappa shape index (κ1) is 21.1. The highest BCUT2D eigenvalue weighted by atomic mass is 32.2. The lowest BCUT2D eigenvalue weighted by Gasteiger charge is -2.23. The van der Waals surface area contributed by atoms with Crippen LogP contribution >= 0.6 is 0 Å². The van der Waals surface area contributed by atoms with E-state index in [1.807, 2.05) is 51.1 Å². The molecule has 2 aromatic carbocycles. The average Bonchev–Trinajstić information content (AvgIpc) is 2.64. The molecule has 6 nitrogen and oxygen atoms in total. The first-order valence-corrected chi connectivity index (χ1v) is 10.0. The predicted octanol–water partition coefficient (Wildman–Crippen LogP) is 2.99. The van der Waals surface area contributed by atoms with Crippen LogP contribution in [0.4, 0.5) is 0 Å². The number of benzene rings is 2. The lowest BCUT2D eigenvalue weighted by molar-refractivity contribution is -0.145. The molecule has 2 aromatic rings. The van der Waals surface area contributed by atoms with Gasteiger partial charge in [0.1, 0.15) is 6.04 Å². The Morgan fingerprint density at radius 2 is 1.56 bits per heavy atom. The van der Waals surface area contributed by atoms with E-state index in [-0.39, 0.29) is 11.5 Å². The molecule has 0 aliphatic carbocycles. The van der Waals surface area contributed by atoms with Gasteiger partial charge >= 0.3 is 5.97 Å². The van der Waals surface area contributed by atoms with Gasteiger partial charge in [-0.1, -0.05) is 42.5 Å². The average molecular weight is 391 g/mol. The molecule has 0 radical (unpaired) electrons. The molecule has 1 N–H and O–H groups in total. The van der Waals surface area contributed by atoms with Crippen molar-refractivity contribution < 1.29 is 22.7 Å². The second-order valence-electron chi connectivity index (χ2n) is 7.01. The van der Waals surface area contributed by atoms with E-state index in [0.29, 0.717) is 0 Å². The number of sulfonamides is 1. The highest BCUT2D eigenvalue weighted by Gasteiger charge is 2.28. The number of carbonyl (C=O) groups excluding carboxylic acids is 1. The minimum absolute atomic E-state index is 0.0619. The molecule has 1 atom stereocenters. The first-order valence-electron chi connectivity index (χ1n) is 8.52. The lowest BCUT2D eigenvalue weighted by atomic mass is 10.1. The number of carbonyl (C=O) groups is 1. The molecule has 0 aliphatic rings. The van der Waals surface area contributed by atoms with Gasteiger partial charge < -0.3 is 9.47 Å². The highest BCUT2D eigenvalue weighted by molar-refractivity contribution is 7.89. The van der Waals surface area contributed by atoms with Gasteiger partial charge in [0.05, 0.1) is 24.2 Å². The quantitative estimate of drug-likeness (QED) is 0.734. The summed E-state index contributed by atoms with van der Waals surface area (Å²) >= 11 is 0. The van der Waals surface area contributed by atoms with Crippen LogP contribution in [0.2, 0.25) is 0 Å². The monoisotopic (exact) mass is 391 g/mol. The molecule has 1 unspecified atom stereocenters. The Morgan fingerprint density at radius 1 is 1.00 bits per heavy atom. The van der Waals surface area contributed by atoms with Gasteiger partial charge in [-0.25, -0.2) is 8.42 Å². The number of esters is 1. The summed E-state index contributed by atoms with van der Waals surface area (Å²) in [6, 6.07) is 15.0. The molecular weight excluding hydrogens is 366 g/mol. The van der Waals surface area contributed by atoms with Crippen molar-refractivity contribution in [2.45, 2.75) is 37.3 Å². The summed E-state index contributed by atoms with van der Waals surface area (Å²) in [6.45, 7) is 5.33. The van der Waals surface area contributed by atoms with Gasteiger partial charge in [-0.15, -0.1) is 0 Å². The standard InChI is InChI=1S/C20H25NO5S/c1-20(2,3)26-14-18(19(22)25-4)21-27(23,24)17-12-10-16(11-13-17)15-8-6-5-7-9-15/h5-13,18,21H,14H2,1-4H3. The van der Waals surface area contributed by atoms with Crippen LogP contribution in [0.15, 0.2) is 59.5 Å². The molecule has 0 amide bonds. The molecule has 0 heterocycles. The number of hydrogen-bond donors (Lipinski definition) is 1. The summed E-state index contributed by atoms with van der Waals surface area (Å²) in [7, 11) is -2.71. The maximum absolute atomic E-state index is 12.7. The van der Waals surface area contributed by atoms with Gasteiger partial charge in [0.2, 0.25) is 10.0 Å². The summed E-state index contributed by atoms with van der Waals surface area (Å²) < 4.78 is 37.9. The van der Waals surface area contributed by atoms with Crippen LogP contribution in [-0.2, 0) is 24.3 Å². The molecule has 0 bridgehead atoms. The number of methoxy groups -OCH3 is 1. The Bertz CT molecular complexity index is 855. The topological polar surface area (TPSA) is 81.7 Å². The summed E-state index contributed by atoms with van der Waals surface area (Å²) in [6.07, 6.45) is 0. The fraction of sp³-hybridized carbons (Fsp3) is 0.350. The zero-order chi connectivity index (χ0) is 20.1. The Morgan fingerprint density at radius 3 is 2.07 bits per heavy atom. The predicted molar refractivity (Wildman–Crippen MR) is 104 cm³/mol. The van der Waals surface area contributed by atoms with E-state index in [4.69, 9.17) is 9.47 Å². The Hall–Kier alpha value is -2.22. The Balaban J connectivity index is 2.18. The van der Waals surface area contributed by atoms with Gasteiger partial charge in [-0.3, -0.25) is 4.79 Å². The van der Waals surface area contributed by atoms with Crippen molar-refractivity contribution >= 4 is 16.0 Å². The summed E-state index contributed by atoms with van der Waals surface area (Å²) in [5, 5.41) is 0. The van der Waals surface area contributed by atoms with E-state index in [1.54, 1.807) is 12.1 Å². The van der Waals surface area contributed by atoms with Gasteiger partial charge in [0, 0.05) is 0 Å². The zero-order valence-corrected chi connectivity index (χ0v) is 16.7. The van der Waals surface area contributed by atoms with E-state index in [2.05, 4.69) is 4.72 Å². The fourth-order valence-electron chi connectivity index (χ4n) is 2.34. The first-order chi connectivity index (χ1) is 12.6. The summed E-state index contributed by atoms with van der Waals surface area (Å²) in [5.74, 6) is -0.705. The third-order valence-corrected chi connectivity index (χ3v) is 5.23. The number of nitrogens with one attached hydrogen (secondary N) is 1. The largest absolute Gasteiger partial charge is 0.468 e. The van der Waals surface area contributed by atoms with Crippen LogP contribution in [0.3, 0.4) is 0 Å². The maximum Gasteiger partial charge on any atom is 0.326 e. The highest BCUT2D eigenvalue weighted by Crippen LogP contribution is 2.21. The Kier molecular flexibility index (Phi) is 6.75. The Labute approximate surface area is 160 Å². The number of ether oxygens (including phenoxy) is 2. The van der Waals surface area contributed by atoms with Crippen molar-refractivity contribution in [2.75, 3.05) is 13.7 Å². The normalized spacial score (nSPS) is 13.2. The number of hydrogen-bond acceptors (Lipinski definition) is 5. The van der Waals surface area contributed by atoms with Crippen LogP contribution in [0.25, 0.3) is 11.1 Å². The van der Waals surface area contributed by atoms with Gasteiger partial charge in [-0.2, -0.15) is 4.72 Å². The van der Waals surface area contributed by atoms with E-state index in [1.165, 1.54) is 19.2 Å². The fourth-order valence-corrected chi connectivity index (χ4v) is 3.51. The van der Waals surface area contributed by atoms with E-state index < -0.39 is 27.6 Å². The van der Waals surface area contributed by atoms with Gasteiger partial charge in [0.25, 0.3) is 0 Å².